The number of hydrogen-bond donors (Lipinski definition) is 1. The van der Waals surface area contributed by atoms with E-state index in [1.807, 2.05) is 36.4 Å². The Morgan fingerprint density at radius 3 is 2.73 bits per heavy atom. The molecule has 2 rings (SSSR count). The van der Waals surface area contributed by atoms with E-state index in [-0.39, 0.29) is 5.91 Å². The zero-order chi connectivity index (χ0) is 15.8. The average Bonchev–Trinajstić information content (AvgIpc) is 3.06. The van der Waals surface area contributed by atoms with Crippen molar-refractivity contribution in [3.63, 3.8) is 0 Å². The van der Waals surface area contributed by atoms with Crippen molar-refractivity contribution >= 4 is 12.0 Å². The first-order valence-electron chi connectivity index (χ1n) is 7.78. The average molecular weight is 296 g/mol. The number of hydrogen-bond acceptors (Lipinski definition) is 2. The largest absolute Gasteiger partial charge is 0.372 e. The monoisotopic (exact) mass is 296 g/mol. The highest BCUT2D eigenvalue weighted by atomic mass is 16.1. The first kappa shape index (κ1) is 16.1. The second kappa shape index (κ2) is 8.23. The predicted octanol–water partition coefficient (Wildman–Crippen LogP) is 3.15. The fourth-order valence-electron chi connectivity index (χ4n) is 2.61. The maximum Gasteiger partial charge on any atom is 0.224 e. The third kappa shape index (κ3) is 4.62. The molecule has 1 N–H and O–H groups in total. The minimum atomic E-state index is 0.0192. The van der Waals surface area contributed by atoms with Gasteiger partial charge in [-0.15, -0.1) is 0 Å². The van der Waals surface area contributed by atoms with Crippen molar-refractivity contribution < 1.29 is 4.79 Å². The Bertz CT molecular complexity index is 569. The number of amides is 1. The Hall–Kier alpha value is -2.29. The molecule has 1 aromatic rings. The molecule has 0 spiro atoms. The highest BCUT2D eigenvalue weighted by Crippen LogP contribution is 2.13. The molecule has 0 atom stereocenters. The van der Waals surface area contributed by atoms with Crippen LogP contribution < -0.4 is 5.32 Å². The minimum absolute atomic E-state index is 0.0192. The maximum absolute atomic E-state index is 12.0. The van der Waals surface area contributed by atoms with Crippen LogP contribution in [-0.4, -0.2) is 30.4 Å². The lowest BCUT2D eigenvalue weighted by Gasteiger charge is -2.17. The van der Waals surface area contributed by atoms with Crippen LogP contribution in [0, 0.1) is 0 Å². The lowest BCUT2D eigenvalue weighted by atomic mass is 10.0. The quantitative estimate of drug-likeness (QED) is 0.784. The van der Waals surface area contributed by atoms with Gasteiger partial charge in [-0.05, 0) is 30.0 Å². The number of nitrogens with zero attached hydrogens (tertiary/aromatic N) is 1. The van der Waals surface area contributed by atoms with Gasteiger partial charge in [0, 0.05) is 25.3 Å². The zero-order valence-corrected chi connectivity index (χ0v) is 13.1. The highest BCUT2D eigenvalue weighted by Gasteiger charge is 2.10. The maximum atomic E-state index is 12.0. The molecule has 0 radical (unpaired) electrons. The Kier molecular flexibility index (Phi) is 6.01. The molecule has 1 aromatic carbocycles. The van der Waals surface area contributed by atoms with Gasteiger partial charge in [-0.1, -0.05) is 49.6 Å². The van der Waals surface area contributed by atoms with E-state index in [0.29, 0.717) is 13.0 Å². The van der Waals surface area contributed by atoms with E-state index < -0.39 is 0 Å². The lowest BCUT2D eigenvalue weighted by Crippen LogP contribution is -2.25. The standard InChI is InChI=1S/C19H24N2O/c1-3-17-10-4-5-11-18(17)15-19(22)20-12-8-9-16(2)21-13-6-7-14-21/h3-5,8-11H,1-2,6-7,12-15H2,(H,20,22)/b9-8+. The van der Waals surface area contributed by atoms with Crippen molar-refractivity contribution in [2.45, 2.75) is 19.3 Å². The minimum Gasteiger partial charge on any atom is -0.372 e. The molecular weight excluding hydrogens is 272 g/mol. The van der Waals surface area contributed by atoms with Gasteiger partial charge in [-0.2, -0.15) is 0 Å². The molecule has 1 heterocycles. The Morgan fingerprint density at radius 1 is 1.27 bits per heavy atom. The van der Waals surface area contributed by atoms with Gasteiger partial charge in [0.25, 0.3) is 0 Å². The number of benzene rings is 1. The summed E-state index contributed by atoms with van der Waals surface area (Å²) in [6.45, 7) is 10.5. The third-order valence-electron chi connectivity index (χ3n) is 3.87. The molecule has 22 heavy (non-hydrogen) atoms. The number of allylic oxidation sites excluding steroid dienone is 1. The first-order valence-corrected chi connectivity index (χ1v) is 7.78. The van der Waals surface area contributed by atoms with Crippen LogP contribution in [0.2, 0.25) is 0 Å². The summed E-state index contributed by atoms with van der Waals surface area (Å²) in [6, 6.07) is 7.82. The Balaban J connectivity index is 1.75. The Labute approximate surface area is 133 Å². The lowest BCUT2D eigenvalue weighted by molar-refractivity contribution is -0.120. The molecule has 0 bridgehead atoms. The third-order valence-corrected chi connectivity index (χ3v) is 3.87. The molecule has 1 aliphatic heterocycles. The smallest absolute Gasteiger partial charge is 0.224 e. The summed E-state index contributed by atoms with van der Waals surface area (Å²) in [7, 11) is 0. The summed E-state index contributed by atoms with van der Waals surface area (Å²) in [5.74, 6) is 0.0192. The number of carbonyl (C=O) groups excluding carboxylic acids is 1. The molecule has 0 aliphatic carbocycles. The van der Waals surface area contributed by atoms with E-state index in [1.54, 1.807) is 6.08 Å². The van der Waals surface area contributed by atoms with Gasteiger partial charge in [-0.25, -0.2) is 0 Å². The second-order valence-corrected chi connectivity index (χ2v) is 5.47. The molecule has 0 saturated carbocycles. The molecule has 1 aliphatic rings. The number of nitrogens with one attached hydrogen (secondary N) is 1. The molecular formula is C19H24N2O. The van der Waals surface area contributed by atoms with Gasteiger partial charge in [0.1, 0.15) is 0 Å². The van der Waals surface area contributed by atoms with E-state index >= 15 is 0 Å². The summed E-state index contributed by atoms with van der Waals surface area (Å²) < 4.78 is 0. The first-order chi connectivity index (χ1) is 10.7. The molecule has 3 heteroatoms. The van der Waals surface area contributed by atoms with Gasteiger partial charge in [0.15, 0.2) is 0 Å². The second-order valence-electron chi connectivity index (χ2n) is 5.47. The number of likely N-dealkylation sites (tertiary alicyclic amines) is 1. The van der Waals surface area contributed by atoms with Crippen molar-refractivity contribution in [2.75, 3.05) is 19.6 Å². The van der Waals surface area contributed by atoms with E-state index in [2.05, 4.69) is 23.4 Å². The van der Waals surface area contributed by atoms with Crippen LogP contribution in [0.1, 0.15) is 24.0 Å². The summed E-state index contributed by atoms with van der Waals surface area (Å²) in [5, 5.41) is 2.91. The topological polar surface area (TPSA) is 32.3 Å². The van der Waals surface area contributed by atoms with Crippen molar-refractivity contribution in [3.05, 3.63) is 66.4 Å². The van der Waals surface area contributed by atoms with Crippen LogP contribution in [0.4, 0.5) is 0 Å². The van der Waals surface area contributed by atoms with E-state index in [4.69, 9.17) is 0 Å². The van der Waals surface area contributed by atoms with Crippen molar-refractivity contribution in [1.82, 2.24) is 10.2 Å². The van der Waals surface area contributed by atoms with Gasteiger partial charge < -0.3 is 10.2 Å². The van der Waals surface area contributed by atoms with Crippen LogP contribution in [0.25, 0.3) is 6.08 Å². The van der Waals surface area contributed by atoms with Crippen molar-refractivity contribution in [1.29, 1.82) is 0 Å². The normalized spacial score (nSPS) is 14.3. The number of carbonyl (C=O) groups is 1. The Morgan fingerprint density at radius 2 is 2.00 bits per heavy atom. The van der Waals surface area contributed by atoms with Crippen molar-refractivity contribution in [2.24, 2.45) is 0 Å². The van der Waals surface area contributed by atoms with Crippen LogP contribution in [0.3, 0.4) is 0 Å². The van der Waals surface area contributed by atoms with Crippen LogP contribution in [0.5, 0.6) is 0 Å². The predicted molar refractivity (Wildman–Crippen MR) is 92.3 cm³/mol. The van der Waals surface area contributed by atoms with Crippen LogP contribution >= 0.6 is 0 Å². The van der Waals surface area contributed by atoms with E-state index in [9.17, 15) is 4.79 Å². The fraction of sp³-hybridized carbons (Fsp3) is 0.316. The highest BCUT2D eigenvalue weighted by molar-refractivity contribution is 5.80. The summed E-state index contributed by atoms with van der Waals surface area (Å²) in [6.07, 6.45) is 8.59. The van der Waals surface area contributed by atoms with Crippen molar-refractivity contribution in [3.8, 4) is 0 Å². The van der Waals surface area contributed by atoms with E-state index in [1.165, 1.54) is 12.8 Å². The van der Waals surface area contributed by atoms with Gasteiger partial charge in [0.2, 0.25) is 5.91 Å². The molecule has 1 amide bonds. The summed E-state index contributed by atoms with van der Waals surface area (Å²) in [4.78, 5) is 14.2. The zero-order valence-electron chi connectivity index (χ0n) is 13.1. The van der Waals surface area contributed by atoms with Gasteiger partial charge in [-0.3, -0.25) is 4.79 Å². The van der Waals surface area contributed by atoms with Crippen LogP contribution in [-0.2, 0) is 11.2 Å². The van der Waals surface area contributed by atoms with E-state index in [0.717, 1.165) is 29.9 Å². The van der Waals surface area contributed by atoms with Crippen LogP contribution in [0.15, 0.2) is 55.3 Å². The van der Waals surface area contributed by atoms with Gasteiger partial charge in [0.05, 0.1) is 6.42 Å². The molecule has 0 aromatic heterocycles. The van der Waals surface area contributed by atoms with Gasteiger partial charge >= 0.3 is 0 Å². The molecule has 0 unspecified atom stereocenters. The summed E-state index contributed by atoms with van der Waals surface area (Å²) in [5.41, 5.74) is 3.04. The molecule has 116 valence electrons. The molecule has 1 saturated heterocycles. The number of rotatable bonds is 7. The summed E-state index contributed by atoms with van der Waals surface area (Å²) >= 11 is 0. The molecule has 3 nitrogen and oxygen atoms in total. The molecule has 1 fully saturated rings. The fourth-order valence-corrected chi connectivity index (χ4v) is 2.61. The SMILES string of the molecule is C=Cc1ccccc1CC(=O)NC/C=C/C(=C)N1CCCC1.